The third-order valence-corrected chi connectivity index (χ3v) is 3.05. The van der Waals surface area contributed by atoms with Crippen molar-refractivity contribution in [2.75, 3.05) is 10.6 Å². The maximum atomic E-state index is 11.7. The fourth-order valence-electron chi connectivity index (χ4n) is 1.76. The molecule has 106 valence electrons. The zero-order chi connectivity index (χ0) is 14.5. The maximum Gasteiger partial charge on any atom is 0.226 e. The van der Waals surface area contributed by atoms with Crippen molar-refractivity contribution in [1.82, 2.24) is 9.78 Å². The number of carbonyl (C=O) groups excluding carboxylic acids is 1. The molecule has 0 unspecified atom stereocenters. The van der Waals surface area contributed by atoms with Gasteiger partial charge in [0.05, 0.1) is 12.2 Å². The molecule has 0 aliphatic rings. The predicted octanol–water partition coefficient (Wildman–Crippen LogP) is 2.63. The van der Waals surface area contributed by atoms with Crippen LogP contribution in [0.2, 0.25) is 0 Å². The number of carbonyl (C=O) groups is 1. The van der Waals surface area contributed by atoms with Crippen molar-refractivity contribution < 1.29 is 4.79 Å². The number of benzene rings is 1. The van der Waals surface area contributed by atoms with Gasteiger partial charge in [0.25, 0.3) is 0 Å². The van der Waals surface area contributed by atoms with E-state index in [0.717, 1.165) is 17.1 Å². The van der Waals surface area contributed by atoms with E-state index in [-0.39, 0.29) is 11.8 Å². The molecule has 0 saturated heterocycles. The Labute approximate surface area is 119 Å². The van der Waals surface area contributed by atoms with Crippen LogP contribution in [0.4, 0.5) is 11.4 Å². The summed E-state index contributed by atoms with van der Waals surface area (Å²) in [7, 11) is 1.91. The number of nitrogens with zero attached hydrogens (tertiary/aromatic N) is 2. The zero-order valence-electron chi connectivity index (χ0n) is 12.1. The normalized spacial score (nSPS) is 10.6. The number of hydrogen-bond acceptors (Lipinski definition) is 3. The van der Waals surface area contributed by atoms with Crippen LogP contribution in [0.1, 0.15) is 19.5 Å². The van der Waals surface area contributed by atoms with E-state index in [9.17, 15) is 4.79 Å². The minimum absolute atomic E-state index is 0.0220. The summed E-state index contributed by atoms with van der Waals surface area (Å²) in [5.41, 5.74) is 2.87. The Hall–Kier alpha value is -2.30. The Morgan fingerprint density at radius 2 is 2.05 bits per heavy atom. The largest absolute Gasteiger partial charge is 0.379 e. The predicted molar refractivity (Wildman–Crippen MR) is 80.4 cm³/mol. The fraction of sp³-hybridized carbons (Fsp3) is 0.333. The summed E-state index contributed by atoms with van der Waals surface area (Å²) in [5, 5.41) is 10.3. The number of aryl methyl sites for hydroxylation is 1. The smallest absolute Gasteiger partial charge is 0.226 e. The van der Waals surface area contributed by atoms with E-state index in [1.165, 1.54) is 0 Å². The third kappa shape index (κ3) is 3.60. The molecule has 2 N–H and O–H groups in total. The van der Waals surface area contributed by atoms with Gasteiger partial charge in [-0.3, -0.25) is 9.48 Å². The van der Waals surface area contributed by atoms with Crippen LogP contribution in [0.3, 0.4) is 0 Å². The molecule has 1 aromatic heterocycles. The van der Waals surface area contributed by atoms with Crippen LogP contribution < -0.4 is 10.6 Å². The quantitative estimate of drug-likeness (QED) is 0.879. The first-order valence-corrected chi connectivity index (χ1v) is 6.68. The number of amides is 1. The summed E-state index contributed by atoms with van der Waals surface area (Å²) in [6.45, 7) is 4.44. The molecule has 0 aliphatic heterocycles. The highest BCUT2D eigenvalue weighted by molar-refractivity contribution is 5.92. The molecule has 5 heteroatoms. The molecule has 5 nitrogen and oxygen atoms in total. The number of aromatic nitrogens is 2. The monoisotopic (exact) mass is 272 g/mol. The van der Waals surface area contributed by atoms with Crippen LogP contribution in [0, 0.1) is 5.92 Å². The molecule has 2 aromatic rings. The standard InChI is InChI=1S/C15H20N4O/c1-11(2)15(20)18-13-6-4-5-12(9-13)16-10-14-7-8-17-19(14)3/h4-9,11,16H,10H2,1-3H3,(H,18,20). The summed E-state index contributed by atoms with van der Waals surface area (Å²) in [6, 6.07) is 9.67. The molecule has 0 fully saturated rings. The Bertz CT molecular complexity index is 589. The first-order chi connectivity index (χ1) is 9.56. The van der Waals surface area contributed by atoms with Crippen molar-refractivity contribution in [3.05, 3.63) is 42.2 Å². The van der Waals surface area contributed by atoms with Gasteiger partial charge in [0.1, 0.15) is 0 Å². The first-order valence-electron chi connectivity index (χ1n) is 6.68. The maximum absolute atomic E-state index is 11.7. The lowest BCUT2D eigenvalue weighted by molar-refractivity contribution is -0.118. The van der Waals surface area contributed by atoms with Gasteiger partial charge in [-0.25, -0.2) is 0 Å². The van der Waals surface area contributed by atoms with Gasteiger partial charge in [-0.2, -0.15) is 5.10 Å². The molecule has 1 aromatic carbocycles. The third-order valence-electron chi connectivity index (χ3n) is 3.05. The van der Waals surface area contributed by atoms with E-state index in [1.807, 2.05) is 55.9 Å². The van der Waals surface area contributed by atoms with Crippen LogP contribution in [-0.2, 0) is 18.4 Å². The summed E-state index contributed by atoms with van der Waals surface area (Å²) in [6.07, 6.45) is 1.77. The van der Waals surface area contributed by atoms with E-state index in [0.29, 0.717) is 6.54 Å². The summed E-state index contributed by atoms with van der Waals surface area (Å²) in [4.78, 5) is 11.7. The van der Waals surface area contributed by atoms with Gasteiger partial charge in [0.15, 0.2) is 0 Å². The highest BCUT2D eigenvalue weighted by atomic mass is 16.1. The van der Waals surface area contributed by atoms with E-state index >= 15 is 0 Å². The molecule has 0 aliphatic carbocycles. The molecular formula is C15H20N4O. The van der Waals surface area contributed by atoms with Crippen molar-refractivity contribution in [1.29, 1.82) is 0 Å². The van der Waals surface area contributed by atoms with E-state index in [2.05, 4.69) is 15.7 Å². The van der Waals surface area contributed by atoms with Crippen molar-refractivity contribution in [2.24, 2.45) is 13.0 Å². The number of anilines is 2. The highest BCUT2D eigenvalue weighted by Gasteiger charge is 2.07. The Kier molecular flexibility index (Phi) is 4.40. The summed E-state index contributed by atoms with van der Waals surface area (Å²) >= 11 is 0. The van der Waals surface area contributed by atoms with E-state index in [1.54, 1.807) is 6.20 Å². The SMILES string of the molecule is CC(C)C(=O)Nc1cccc(NCc2ccnn2C)c1. The Morgan fingerprint density at radius 3 is 2.70 bits per heavy atom. The van der Waals surface area contributed by atoms with Crippen molar-refractivity contribution in [3.8, 4) is 0 Å². The van der Waals surface area contributed by atoms with E-state index in [4.69, 9.17) is 0 Å². The summed E-state index contributed by atoms with van der Waals surface area (Å²) in [5.74, 6) is -0.00478. The molecule has 1 amide bonds. The number of rotatable bonds is 5. The molecule has 20 heavy (non-hydrogen) atoms. The Balaban J connectivity index is 1.99. The van der Waals surface area contributed by atoms with Gasteiger partial charge in [0.2, 0.25) is 5.91 Å². The van der Waals surface area contributed by atoms with Crippen LogP contribution in [0.25, 0.3) is 0 Å². The second kappa shape index (κ2) is 6.23. The van der Waals surface area contributed by atoms with Gasteiger partial charge >= 0.3 is 0 Å². The van der Waals surface area contributed by atoms with Gasteiger partial charge in [-0.1, -0.05) is 19.9 Å². The average molecular weight is 272 g/mol. The molecular weight excluding hydrogens is 252 g/mol. The second-order valence-electron chi connectivity index (χ2n) is 5.02. The molecule has 0 spiro atoms. The van der Waals surface area contributed by atoms with Crippen molar-refractivity contribution in [3.63, 3.8) is 0 Å². The summed E-state index contributed by atoms with van der Waals surface area (Å²) < 4.78 is 1.83. The zero-order valence-corrected chi connectivity index (χ0v) is 12.1. The van der Waals surface area contributed by atoms with Crippen molar-refractivity contribution >= 4 is 17.3 Å². The lowest BCUT2D eigenvalue weighted by atomic mass is 10.2. The topological polar surface area (TPSA) is 59.0 Å². The van der Waals surface area contributed by atoms with Crippen LogP contribution in [-0.4, -0.2) is 15.7 Å². The molecule has 1 heterocycles. The van der Waals surface area contributed by atoms with Gasteiger partial charge in [-0.05, 0) is 24.3 Å². The first kappa shape index (κ1) is 14.1. The number of hydrogen-bond donors (Lipinski definition) is 2. The highest BCUT2D eigenvalue weighted by Crippen LogP contribution is 2.16. The lowest BCUT2D eigenvalue weighted by Crippen LogP contribution is -2.17. The molecule has 0 atom stereocenters. The minimum Gasteiger partial charge on any atom is -0.379 e. The molecule has 0 radical (unpaired) electrons. The van der Waals surface area contributed by atoms with E-state index < -0.39 is 0 Å². The molecule has 0 bridgehead atoms. The molecule has 2 rings (SSSR count). The minimum atomic E-state index is -0.0268. The number of nitrogens with one attached hydrogen (secondary N) is 2. The Morgan fingerprint density at radius 1 is 1.30 bits per heavy atom. The molecule has 0 saturated carbocycles. The van der Waals surface area contributed by atoms with Crippen LogP contribution in [0.5, 0.6) is 0 Å². The fourth-order valence-corrected chi connectivity index (χ4v) is 1.76. The van der Waals surface area contributed by atoms with Gasteiger partial charge < -0.3 is 10.6 Å². The van der Waals surface area contributed by atoms with Crippen molar-refractivity contribution in [2.45, 2.75) is 20.4 Å². The van der Waals surface area contributed by atoms with Gasteiger partial charge in [-0.15, -0.1) is 0 Å². The van der Waals surface area contributed by atoms with Gasteiger partial charge in [0, 0.05) is 30.5 Å². The lowest BCUT2D eigenvalue weighted by Gasteiger charge is -2.11. The average Bonchev–Trinajstić information content (AvgIpc) is 2.82. The van der Waals surface area contributed by atoms with Crippen LogP contribution >= 0.6 is 0 Å². The second-order valence-corrected chi connectivity index (χ2v) is 5.02. The van der Waals surface area contributed by atoms with Crippen LogP contribution in [0.15, 0.2) is 36.5 Å².